The van der Waals surface area contributed by atoms with E-state index >= 15 is 0 Å². The summed E-state index contributed by atoms with van der Waals surface area (Å²) >= 11 is 0. The van der Waals surface area contributed by atoms with Crippen molar-refractivity contribution in [3.8, 4) is 45.4 Å². The third-order valence-corrected chi connectivity index (χ3v) is 9.43. The first-order valence-corrected chi connectivity index (χ1v) is 20.0. The maximum atomic E-state index is 6.40. The quantitative estimate of drug-likeness (QED) is 0.0588. The van der Waals surface area contributed by atoms with Gasteiger partial charge in [-0.3, -0.25) is 9.97 Å². The van der Waals surface area contributed by atoms with Crippen LogP contribution in [0.25, 0.3) is 33.9 Å². The molecule has 50 heavy (non-hydrogen) atoms. The Bertz CT molecular complexity index is 1340. The highest BCUT2D eigenvalue weighted by atomic mass is 16.5. The summed E-state index contributed by atoms with van der Waals surface area (Å²) < 4.78 is 12.8. The van der Waals surface area contributed by atoms with Crippen LogP contribution in [0.4, 0.5) is 0 Å². The van der Waals surface area contributed by atoms with Crippen LogP contribution in [0, 0.1) is 0 Å². The van der Waals surface area contributed by atoms with Gasteiger partial charge in [-0.05, 0) is 72.5 Å². The first kappa shape index (κ1) is 39.1. The van der Waals surface area contributed by atoms with Crippen LogP contribution in [0.3, 0.4) is 0 Å². The molecule has 0 radical (unpaired) electrons. The number of hydrogen-bond acceptors (Lipinski definition) is 5. The summed E-state index contributed by atoms with van der Waals surface area (Å²) in [6, 6.07) is 22.4. The third kappa shape index (κ3) is 15.0. The molecule has 0 fully saturated rings. The van der Waals surface area contributed by atoms with Gasteiger partial charge in [-0.15, -0.1) is 0 Å². The predicted molar refractivity (Wildman–Crippen MR) is 211 cm³/mol. The SMILES string of the molecule is CCCCCCCCCCCCOc1cc(OCCCCCCCCCCCC)cc(-c2cc(-c3ccccn3)nc(-c3ccccn3)c2)c1. The van der Waals surface area contributed by atoms with Crippen molar-refractivity contribution in [2.45, 2.75) is 142 Å². The fourth-order valence-corrected chi connectivity index (χ4v) is 6.45. The molecule has 270 valence electrons. The van der Waals surface area contributed by atoms with E-state index < -0.39 is 0 Å². The van der Waals surface area contributed by atoms with E-state index in [1.807, 2.05) is 48.8 Å². The van der Waals surface area contributed by atoms with Crippen molar-refractivity contribution < 1.29 is 9.47 Å². The fraction of sp³-hybridized carbons (Fsp3) is 0.533. The molecule has 0 unspecified atom stereocenters. The molecule has 0 bridgehead atoms. The molecule has 0 N–H and O–H groups in total. The van der Waals surface area contributed by atoms with Crippen LogP contribution in [0.5, 0.6) is 11.5 Å². The van der Waals surface area contributed by atoms with Gasteiger partial charge in [-0.2, -0.15) is 0 Å². The number of rotatable bonds is 27. The number of pyridine rings is 3. The summed E-state index contributed by atoms with van der Waals surface area (Å²) in [6.07, 6.45) is 29.8. The second-order valence-electron chi connectivity index (χ2n) is 13.8. The molecule has 3 aromatic heterocycles. The van der Waals surface area contributed by atoms with Crippen LogP contribution >= 0.6 is 0 Å². The fourth-order valence-electron chi connectivity index (χ4n) is 6.45. The summed E-state index contributed by atoms with van der Waals surface area (Å²) in [5.41, 5.74) is 5.37. The molecule has 0 saturated heterocycles. The molecule has 5 nitrogen and oxygen atoms in total. The van der Waals surface area contributed by atoms with E-state index in [1.54, 1.807) is 0 Å². The second-order valence-corrected chi connectivity index (χ2v) is 13.8. The van der Waals surface area contributed by atoms with Gasteiger partial charge in [0.2, 0.25) is 0 Å². The van der Waals surface area contributed by atoms with Gasteiger partial charge < -0.3 is 9.47 Å². The van der Waals surface area contributed by atoms with E-state index in [-0.39, 0.29) is 0 Å². The lowest BCUT2D eigenvalue weighted by Gasteiger charge is -2.14. The van der Waals surface area contributed by atoms with Gasteiger partial charge in [0, 0.05) is 18.5 Å². The van der Waals surface area contributed by atoms with Crippen LogP contribution in [-0.2, 0) is 0 Å². The van der Waals surface area contributed by atoms with Crippen molar-refractivity contribution in [2.75, 3.05) is 13.2 Å². The summed E-state index contributed by atoms with van der Waals surface area (Å²) in [5.74, 6) is 1.71. The van der Waals surface area contributed by atoms with Gasteiger partial charge in [-0.1, -0.05) is 142 Å². The highest BCUT2D eigenvalue weighted by molar-refractivity contribution is 5.76. The zero-order valence-electron chi connectivity index (χ0n) is 31.2. The summed E-state index contributed by atoms with van der Waals surface area (Å²) in [4.78, 5) is 14.2. The Labute approximate surface area is 303 Å². The Morgan fingerprint density at radius 3 is 1.16 bits per heavy atom. The molecular weight excluding hydrogens is 615 g/mol. The minimum atomic E-state index is 0.715. The molecular formula is C45H63N3O2. The first-order valence-electron chi connectivity index (χ1n) is 20.0. The Hall–Kier alpha value is -3.73. The van der Waals surface area contributed by atoms with Crippen LogP contribution in [0.15, 0.2) is 79.1 Å². The van der Waals surface area contributed by atoms with E-state index in [0.29, 0.717) is 13.2 Å². The minimum absolute atomic E-state index is 0.715. The number of ether oxygens (including phenoxy) is 2. The molecule has 5 heteroatoms. The van der Waals surface area contributed by atoms with Gasteiger partial charge in [0.1, 0.15) is 11.5 Å². The number of aromatic nitrogens is 3. The molecule has 0 aliphatic rings. The van der Waals surface area contributed by atoms with E-state index in [0.717, 1.165) is 58.2 Å². The maximum absolute atomic E-state index is 6.40. The van der Waals surface area contributed by atoms with Crippen LogP contribution in [-0.4, -0.2) is 28.2 Å². The van der Waals surface area contributed by atoms with Crippen LogP contribution in [0.1, 0.15) is 142 Å². The highest BCUT2D eigenvalue weighted by Gasteiger charge is 2.13. The lowest BCUT2D eigenvalue weighted by molar-refractivity contribution is 0.290. The first-order chi connectivity index (χ1) is 24.8. The lowest BCUT2D eigenvalue weighted by Crippen LogP contribution is -2.01. The van der Waals surface area contributed by atoms with Gasteiger partial charge >= 0.3 is 0 Å². The van der Waals surface area contributed by atoms with Crippen molar-refractivity contribution in [1.82, 2.24) is 15.0 Å². The lowest BCUT2D eigenvalue weighted by atomic mass is 10.0. The molecule has 1 aromatic carbocycles. The number of unbranched alkanes of at least 4 members (excludes halogenated alkanes) is 18. The Balaban J connectivity index is 1.41. The predicted octanol–water partition coefficient (Wildman–Crippen LogP) is 13.5. The maximum Gasteiger partial charge on any atom is 0.123 e. The smallest absolute Gasteiger partial charge is 0.123 e. The van der Waals surface area contributed by atoms with E-state index in [2.05, 4.69) is 54.1 Å². The molecule has 0 atom stereocenters. The van der Waals surface area contributed by atoms with E-state index in [4.69, 9.17) is 14.5 Å². The van der Waals surface area contributed by atoms with Crippen molar-refractivity contribution in [3.63, 3.8) is 0 Å². The Kier molecular flexibility index (Phi) is 19.1. The standard InChI is InChI=1S/C45H63N3O2/c1-3-5-7-9-11-13-15-17-19-25-31-49-40-33-38(34-41(37-40)50-32-26-20-18-16-14-12-10-8-6-4-2)39-35-44(42-27-21-23-29-46-42)48-45(36-39)43-28-22-24-30-47-43/h21-24,27-30,33-37H,3-20,25-26,31-32H2,1-2H3. The Morgan fingerprint density at radius 2 is 0.780 bits per heavy atom. The zero-order valence-corrected chi connectivity index (χ0v) is 31.2. The van der Waals surface area contributed by atoms with Gasteiger partial charge in [0.15, 0.2) is 0 Å². The molecule has 0 amide bonds. The molecule has 0 spiro atoms. The van der Waals surface area contributed by atoms with Crippen LogP contribution < -0.4 is 9.47 Å². The van der Waals surface area contributed by atoms with Gasteiger partial charge in [-0.25, -0.2) is 4.98 Å². The van der Waals surface area contributed by atoms with Crippen molar-refractivity contribution in [1.29, 1.82) is 0 Å². The van der Waals surface area contributed by atoms with Crippen molar-refractivity contribution in [2.24, 2.45) is 0 Å². The highest BCUT2D eigenvalue weighted by Crippen LogP contribution is 2.34. The van der Waals surface area contributed by atoms with E-state index in [9.17, 15) is 0 Å². The average molecular weight is 678 g/mol. The van der Waals surface area contributed by atoms with Gasteiger partial charge in [0.25, 0.3) is 0 Å². The number of hydrogen-bond donors (Lipinski definition) is 0. The molecule has 0 saturated carbocycles. The normalized spacial score (nSPS) is 11.2. The zero-order chi connectivity index (χ0) is 34.9. The monoisotopic (exact) mass is 677 g/mol. The minimum Gasteiger partial charge on any atom is -0.493 e. The molecule has 3 heterocycles. The topological polar surface area (TPSA) is 57.1 Å². The largest absolute Gasteiger partial charge is 0.493 e. The van der Waals surface area contributed by atoms with Gasteiger partial charge in [0.05, 0.1) is 36.0 Å². The summed E-state index contributed by atoms with van der Waals surface area (Å²) in [6.45, 7) is 5.99. The number of benzene rings is 1. The average Bonchev–Trinajstić information content (AvgIpc) is 3.16. The molecule has 0 aliphatic carbocycles. The van der Waals surface area contributed by atoms with Crippen LogP contribution in [0.2, 0.25) is 0 Å². The second kappa shape index (κ2) is 24.4. The number of nitrogens with zero attached hydrogens (tertiary/aromatic N) is 3. The molecule has 4 aromatic rings. The molecule has 0 aliphatic heterocycles. The summed E-state index contributed by atoms with van der Waals surface area (Å²) in [5, 5.41) is 0. The van der Waals surface area contributed by atoms with Crippen molar-refractivity contribution in [3.05, 3.63) is 79.1 Å². The Morgan fingerprint density at radius 1 is 0.400 bits per heavy atom. The molecule has 4 rings (SSSR count). The summed E-state index contributed by atoms with van der Waals surface area (Å²) in [7, 11) is 0. The van der Waals surface area contributed by atoms with Crippen molar-refractivity contribution >= 4 is 0 Å². The third-order valence-electron chi connectivity index (χ3n) is 9.43. The van der Waals surface area contributed by atoms with E-state index in [1.165, 1.54) is 116 Å².